The van der Waals surface area contributed by atoms with Gasteiger partial charge in [-0.3, -0.25) is 4.79 Å². The van der Waals surface area contributed by atoms with E-state index in [2.05, 4.69) is 24.3 Å². The highest BCUT2D eigenvalue weighted by Gasteiger charge is 2.34. The third-order valence-corrected chi connectivity index (χ3v) is 5.12. The Bertz CT molecular complexity index is 708. The van der Waals surface area contributed by atoms with Gasteiger partial charge in [0.2, 0.25) is 5.91 Å². The van der Waals surface area contributed by atoms with Crippen LogP contribution in [-0.4, -0.2) is 37.6 Å². The number of likely N-dealkylation sites (tertiary alicyclic amines) is 1. The van der Waals surface area contributed by atoms with Gasteiger partial charge in [0, 0.05) is 25.4 Å². The van der Waals surface area contributed by atoms with Crippen LogP contribution in [-0.2, 0) is 11.2 Å². The molecular weight excluding hydrogens is 348 g/mol. The highest BCUT2D eigenvalue weighted by Crippen LogP contribution is 2.32. The number of ether oxygens (including phenoxy) is 1. The van der Waals surface area contributed by atoms with Crippen LogP contribution in [0.3, 0.4) is 0 Å². The van der Waals surface area contributed by atoms with Crippen LogP contribution < -0.4 is 10.5 Å². The van der Waals surface area contributed by atoms with Gasteiger partial charge in [0.1, 0.15) is 5.75 Å². The van der Waals surface area contributed by atoms with Crippen LogP contribution in [0.15, 0.2) is 54.6 Å². The minimum Gasteiger partial charge on any atom is -0.496 e. The summed E-state index contributed by atoms with van der Waals surface area (Å²) in [5.41, 5.74) is 8.32. The summed E-state index contributed by atoms with van der Waals surface area (Å²) >= 11 is 0. The van der Waals surface area contributed by atoms with Crippen molar-refractivity contribution in [3.63, 3.8) is 0 Å². The number of benzene rings is 2. The number of aryl methyl sites for hydroxylation is 1. The van der Waals surface area contributed by atoms with Crippen molar-refractivity contribution in [2.75, 3.05) is 26.7 Å². The van der Waals surface area contributed by atoms with Crippen molar-refractivity contribution in [1.29, 1.82) is 0 Å². The summed E-state index contributed by atoms with van der Waals surface area (Å²) in [6, 6.07) is 18.3. The maximum Gasteiger partial charge on any atom is 0.222 e. The molecule has 1 saturated heterocycles. The first-order valence-electron chi connectivity index (χ1n) is 8.87. The number of rotatable bonds is 6. The SMILES string of the molecule is COc1ccccc1CCC(=O)N1C[C@@H](CN)[C@H](c2ccccc2)C1.Cl. The van der Waals surface area contributed by atoms with Gasteiger partial charge in [-0.05, 0) is 36.1 Å². The lowest BCUT2D eigenvalue weighted by molar-refractivity contribution is -0.130. The smallest absolute Gasteiger partial charge is 0.222 e. The van der Waals surface area contributed by atoms with Gasteiger partial charge in [-0.25, -0.2) is 0 Å². The molecule has 0 aromatic heterocycles. The maximum atomic E-state index is 12.7. The zero-order valence-corrected chi connectivity index (χ0v) is 16.0. The molecule has 2 N–H and O–H groups in total. The molecule has 3 rings (SSSR count). The molecule has 1 amide bonds. The van der Waals surface area contributed by atoms with E-state index in [1.165, 1.54) is 5.56 Å². The highest BCUT2D eigenvalue weighted by atomic mass is 35.5. The fourth-order valence-corrected chi connectivity index (χ4v) is 3.70. The van der Waals surface area contributed by atoms with Gasteiger partial charge < -0.3 is 15.4 Å². The molecular formula is C21H27ClN2O2. The number of hydrogen-bond acceptors (Lipinski definition) is 3. The number of carbonyl (C=O) groups is 1. The second-order valence-corrected chi connectivity index (χ2v) is 6.62. The monoisotopic (exact) mass is 374 g/mol. The zero-order chi connectivity index (χ0) is 17.6. The Balaban J connectivity index is 0.00000243. The first kappa shape index (κ1) is 20.3. The lowest BCUT2D eigenvalue weighted by atomic mass is 9.89. The van der Waals surface area contributed by atoms with E-state index in [-0.39, 0.29) is 18.3 Å². The van der Waals surface area contributed by atoms with Gasteiger partial charge in [-0.2, -0.15) is 0 Å². The molecule has 2 aromatic carbocycles. The number of nitrogens with two attached hydrogens (primary N) is 1. The summed E-state index contributed by atoms with van der Waals surface area (Å²) in [5, 5.41) is 0. The van der Waals surface area contributed by atoms with E-state index in [4.69, 9.17) is 10.5 Å². The zero-order valence-electron chi connectivity index (χ0n) is 15.1. The third kappa shape index (κ3) is 4.57. The summed E-state index contributed by atoms with van der Waals surface area (Å²) < 4.78 is 5.37. The van der Waals surface area contributed by atoms with Crippen LogP contribution in [0, 0.1) is 5.92 Å². The van der Waals surface area contributed by atoms with Gasteiger partial charge in [-0.1, -0.05) is 48.5 Å². The number of carbonyl (C=O) groups excluding carboxylic acids is 1. The van der Waals surface area contributed by atoms with Crippen molar-refractivity contribution in [1.82, 2.24) is 4.90 Å². The van der Waals surface area contributed by atoms with Crippen molar-refractivity contribution in [3.05, 3.63) is 65.7 Å². The van der Waals surface area contributed by atoms with Crippen molar-refractivity contribution in [2.45, 2.75) is 18.8 Å². The van der Waals surface area contributed by atoms with E-state index in [0.717, 1.165) is 24.4 Å². The second kappa shape index (κ2) is 9.60. The normalized spacial score (nSPS) is 19.1. The van der Waals surface area contributed by atoms with Gasteiger partial charge in [0.25, 0.3) is 0 Å². The Morgan fingerprint density at radius 1 is 1.12 bits per heavy atom. The average Bonchev–Trinajstić information content (AvgIpc) is 3.11. The summed E-state index contributed by atoms with van der Waals surface area (Å²) in [5.74, 6) is 1.71. The van der Waals surface area contributed by atoms with Crippen molar-refractivity contribution in [3.8, 4) is 5.75 Å². The fraction of sp³-hybridized carbons (Fsp3) is 0.381. The molecule has 5 heteroatoms. The van der Waals surface area contributed by atoms with Gasteiger partial charge in [0.15, 0.2) is 0 Å². The van der Waals surface area contributed by atoms with Crippen LogP contribution in [0.25, 0.3) is 0 Å². The summed E-state index contributed by atoms with van der Waals surface area (Å²) in [7, 11) is 1.66. The largest absolute Gasteiger partial charge is 0.496 e. The molecule has 1 aliphatic heterocycles. The lowest BCUT2D eigenvalue weighted by Gasteiger charge is -2.17. The molecule has 0 bridgehead atoms. The molecule has 4 nitrogen and oxygen atoms in total. The molecule has 0 unspecified atom stereocenters. The summed E-state index contributed by atoms with van der Waals surface area (Å²) in [4.78, 5) is 14.7. The van der Waals surface area contributed by atoms with E-state index in [0.29, 0.717) is 31.2 Å². The minimum absolute atomic E-state index is 0. The highest BCUT2D eigenvalue weighted by molar-refractivity contribution is 5.85. The molecule has 0 saturated carbocycles. The van der Waals surface area contributed by atoms with Crippen LogP contribution in [0.2, 0.25) is 0 Å². The topological polar surface area (TPSA) is 55.6 Å². The second-order valence-electron chi connectivity index (χ2n) is 6.62. The molecule has 1 fully saturated rings. The third-order valence-electron chi connectivity index (χ3n) is 5.12. The van der Waals surface area contributed by atoms with Gasteiger partial charge in [0.05, 0.1) is 7.11 Å². The maximum absolute atomic E-state index is 12.7. The Kier molecular flexibility index (Phi) is 7.49. The Morgan fingerprint density at radius 3 is 2.50 bits per heavy atom. The van der Waals surface area contributed by atoms with E-state index in [1.54, 1.807) is 7.11 Å². The molecule has 2 aromatic rings. The Morgan fingerprint density at radius 2 is 1.81 bits per heavy atom. The molecule has 0 spiro atoms. The molecule has 26 heavy (non-hydrogen) atoms. The van der Waals surface area contributed by atoms with Gasteiger partial charge >= 0.3 is 0 Å². The van der Waals surface area contributed by atoms with Crippen LogP contribution in [0.4, 0.5) is 0 Å². The van der Waals surface area contributed by atoms with Crippen molar-refractivity contribution >= 4 is 18.3 Å². The van der Waals surface area contributed by atoms with E-state index >= 15 is 0 Å². The van der Waals surface area contributed by atoms with Crippen molar-refractivity contribution < 1.29 is 9.53 Å². The summed E-state index contributed by atoms with van der Waals surface area (Å²) in [6.45, 7) is 2.12. The first-order valence-corrected chi connectivity index (χ1v) is 8.87. The molecule has 1 heterocycles. The molecule has 2 atom stereocenters. The standard InChI is InChI=1S/C21H26N2O2.ClH/c1-25-20-10-6-5-9-17(20)11-12-21(24)23-14-18(13-22)19(15-23)16-7-3-2-4-8-16;/h2-10,18-19H,11-15,22H2,1H3;1H/t18-,19+;/m1./s1. The number of methoxy groups -OCH3 is 1. The predicted octanol–water partition coefficient (Wildman–Crippen LogP) is 3.25. The number of halogens is 1. The molecule has 140 valence electrons. The minimum atomic E-state index is 0. The summed E-state index contributed by atoms with van der Waals surface area (Å²) in [6.07, 6.45) is 1.20. The van der Waals surface area contributed by atoms with Gasteiger partial charge in [-0.15, -0.1) is 12.4 Å². The van der Waals surface area contributed by atoms with E-state index in [9.17, 15) is 4.79 Å². The Labute approximate surface area is 161 Å². The predicted molar refractivity (Wildman–Crippen MR) is 107 cm³/mol. The molecule has 0 aliphatic carbocycles. The van der Waals surface area contributed by atoms with Crippen LogP contribution >= 0.6 is 12.4 Å². The average molecular weight is 375 g/mol. The fourth-order valence-electron chi connectivity index (χ4n) is 3.70. The van der Waals surface area contributed by atoms with Crippen LogP contribution in [0.1, 0.15) is 23.5 Å². The quantitative estimate of drug-likeness (QED) is 0.844. The first-order chi connectivity index (χ1) is 12.2. The van der Waals surface area contributed by atoms with E-state index in [1.807, 2.05) is 35.2 Å². The molecule has 1 aliphatic rings. The van der Waals surface area contributed by atoms with Crippen LogP contribution in [0.5, 0.6) is 5.75 Å². The van der Waals surface area contributed by atoms with E-state index < -0.39 is 0 Å². The lowest BCUT2D eigenvalue weighted by Crippen LogP contribution is -2.30. The number of hydrogen-bond donors (Lipinski definition) is 1. The number of amides is 1. The number of nitrogens with zero attached hydrogens (tertiary/aromatic N) is 1. The Hall–Kier alpha value is -2.04. The van der Waals surface area contributed by atoms with Crippen molar-refractivity contribution in [2.24, 2.45) is 11.7 Å². The molecule has 0 radical (unpaired) electrons. The number of para-hydroxylation sites is 1.